The third-order valence-corrected chi connectivity index (χ3v) is 3.05. The second kappa shape index (κ2) is 4.59. The van der Waals surface area contributed by atoms with E-state index >= 15 is 0 Å². The van der Waals surface area contributed by atoms with Gasteiger partial charge < -0.3 is 5.32 Å². The highest BCUT2D eigenvalue weighted by molar-refractivity contribution is 7.90. The summed E-state index contributed by atoms with van der Waals surface area (Å²) in [7, 11) is -2.86. The van der Waals surface area contributed by atoms with E-state index in [1.807, 2.05) is 0 Å². The van der Waals surface area contributed by atoms with Gasteiger partial charge in [0.05, 0.1) is 5.75 Å². The van der Waals surface area contributed by atoms with Gasteiger partial charge in [0.25, 0.3) is 0 Å². The molecule has 0 aromatic rings. The Balaban J connectivity index is 2.17. The average molecular weight is 217 g/mol. The number of sulfone groups is 1. The van der Waals surface area contributed by atoms with Crippen LogP contribution < -0.4 is 5.32 Å². The Morgan fingerprint density at radius 3 is 2.64 bits per heavy atom. The number of ketones is 1. The van der Waals surface area contributed by atoms with Crippen LogP contribution in [0, 0.1) is 0 Å². The minimum Gasteiger partial charge on any atom is -0.388 e. The smallest absolute Gasteiger partial charge is 0.157 e. The number of hydrogen-bond acceptors (Lipinski definition) is 4. The fraction of sp³-hybridized carbons (Fsp3) is 0.667. The first-order chi connectivity index (χ1) is 6.47. The lowest BCUT2D eigenvalue weighted by Crippen LogP contribution is -2.16. The molecule has 14 heavy (non-hydrogen) atoms. The van der Waals surface area contributed by atoms with Gasteiger partial charge in [-0.1, -0.05) is 0 Å². The third-order valence-electron chi connectivity index (χ3n) is 2.02. The molecule has 0 heterocycles. The number of allylic oxidation sites excluding steroid dienone is 2. The highest BCUT2D eigenvalue weighted by Crippen LogP contribution is 2.11. The molecule has 0 aromatic carbocycles. The highest BCUT2D eigenvalue weighted by atomic mass is 32.2. The second-order valence-electron chi connectivity index (χ2n) is 3.55. The first kappa shape index (κ1) is 11.2. The number of rotatable bonds is 5. The number of carbonyl (C=O) groups is 1. The van der Waals surface area contributed by atoms with E-state index in [2.05, 4.69) is 5.32 Å². The largest absolute Gasteiger partial charge is 0.388 e. The van der Waals surface area contributed by atoms with Gasteiger partial charge >= 0.3 is 0 Å². The van der Waals surface area contributed by atoms with Crippen LogP contribution in [-0.2, 0) is 14.6 Å². The van der Waals surface area contributed by atoms with Gasteiger partial charge in [-0.2, -0.15) is 0 Å². The second-order valence-corrected chi connectivity index (χ2v) is 5.81. The Hall–Kier alpha value is -0.840. The minimum absolute atomic E-state index is 0.149. The molecule has 0 unspecified atom stereocenters. The molecule has 0 aliphatic heterocycles. The zero-order valence-electron chi connectivity index (χ0n) is 8.25. The van der Waals surface area contributed by atoms with E-state index in [1.54, 1.807) is 6.08 Å². The van der Waals surface area contributed by atoms with Gasteiger partial charge in [0, 0.05) is 31.0 Å². The van der Waals surface area contributed by atoms with Crippen molar-refractivity contribution in [2.75, 3.05) is 18.6 Å². The molecule has 0 bridgehead atoms. The van der Waals surface area contributed by atoms with Crippen LogP contribution in [0.4, 0.5) is 0 Å². The molecule has 1 aliphatic carbocycles. The topological polar surface area (TPSA) is 63.2 Å². The van der Waals surface area contributed by atoms with Gasteiger partial charge in [-0.25, -0.2) is 8.42 Å². The molecule has 0 spiro atoms. The Labute approximate surface area is 84.3 Å². The quantitative estimate of drug-likeness (QED) is 0.671. The van der Waals surface area contributed by atoms with Crippen LogP contribution in [-0.4, -0.2) is 32.8 Å². The van der Waals surface area contributed by atoms with Gasteiger partial charge in [0.15, 0.2) is 5.78 Å². The molecule has 1 N–H and O–H groups in total. The molecule has 4 nitrogen and oxygen atoms in total. The fourth-order valence-corrected chi connectivity index (χ4v) is 1.99. The summed E-state index contributed by atoms with van der Waals surface area (Å²) >= 11 is 0. The van der Waals surface area contributed by atoms with E-state index in [0.717, 1.165) is 12.1 Å². The van der Waals surface area contributed by atoms with E-state index in [9.17, 15) is 13.2 Å². The van der Waals surface area contributed by atoms with Gasteiger partial charge in [0.1, 0.15) is 9.84 Å². The van der Waals surface area contributed by atoms with Gasteiger partial charge in [-0.05, 0) is 12.8 Å². The molecule has 5 heteroatoms. The van der Waals surface area contributed by atoms with Crippen LogP contribution in [0.15, 0.2) is 11.8 Å². The predicted molar refractivity (Wildman–Crippen MR) is 54.7 cm³/mol. The summed E-state index contributed by atoms with van der Waals surface area (Å²) < 4.78 is 21.6. The molecule has 0 saturated heterocycles. The van der Waals surface area contributed by atoms with Crippen molar-refractivity contribution in [3.05, 3.63) is 11.8 Å². The third kappa shape index (κ3) is 4.41. The lowest BCUT2D eigenvalue weighted by molar-refractivity contribution is -0.114. The summed E-state index contributed by atoms with van der Waals surface area (Å²) in [6.45, 7) is 0.617. The number of hydrogen-bond donors (Lipinski definition) is 1. The summed E-state index contributed by atoms with van der Waals surface area (Å²) in [5.41, 5.74) is 0.934. The Kier molecular flexibility index (Phi) is 3.69. The minimum atomic E-state index is -2.86. The Morgan fingerprint density at radius 2 is 2.14 bits per heavy atom. The van der Waals surface area contributed by atoms with Crippen molar-refractivity contribution in [3.63, 3.8) is 0 Å². The van der Waals surface area contributed by atoms with Crippen LogP contribution in [0.3, 0.4) is 0 Å². The summed E-state index contributed by atoms with van der Waals surface area (Å²) in [6.07, 6.45) is 4.75. The van der Waals surface area contributed by atoms with Gasteiger partial charge in [-0.3, -0.25) is 4.79 Å². The SMILES string of the molecule is CS(=O)(=O)CCCNC1=CC(=O)CC1. The molecule has 1 rings (SSSR count). The Bertz CT molecular complexity index is 343. The van der Waals surface area contributed by atoms with Crippen LogP contribution >= 0.6 is 0 Å². The van der Waals surface area contributed by atoms with Crippen molar-refractivity contribution in [1.82, 2.24) is 5.32 Å². The molecule has 1 aliphatic rings. The van der Waals surface area contributed by atoms with Crippen molar-refractivity contribution in [3.8, 4) is 0 Å². The van der Waals surface area contributed by atoms with Crippen molar-refractivity contribution < 1.29 is 13.2 Å². The first-order valence-corrected chi connectivity index (χ1v) is 6.68. The summed E-state index contributed by atoms with van der Waals surface area (Å²) in [5.74, 6) is 0.344. The average Bonchev–Trinajstić information content (AvgIpc) is 2.44. The van der Waals surface area contributed by atoms with E-state index in [1.165, 1.54) is 6.26 Å². The Morgan fingerprint density at radius 1 is 1.43 bits per heavy atom. The van der Waals surface area contributed by atoms with Crippen LogP contribution in [0.25, 0.3) is 0 Å². The zero-order valence-corrected chi connectivity index (χ0v) is 9.06. The normalized spacial score (nSPS) is 16.9. The molecule has 80 valence electrons. The van der Waals surface area contributed by atoms with Crippen molar-refractivity contribution in [2.24, 2.45) is 0 Å². The summed E-state index contributed by atoms with van der Waals surface area (Å²) in [5, 5.41) is 3.06. The van der Waals surface area contributed by atoms with Crippen molar-refractivity contribution in [1.29, 1.82) is 0 Å². The lowest BCUT2D eigenvalue weighted by atomic mass is 10.3. The van der Waals surface area contributed by atoms with Crippen LogP contribution in [0.2, 0.25) is 0 Å². The van der Waals surface area contributed by atoms with E-state index in [0.29, 0.717) is 19.4 Å². The fourth-order valence-electron chi connectivity index (χ4n) is 1.32. The standard InChI is InChI=1S/C9H15NO3S/c1-14(12,13)6-2-5-10-8-3-4-9(11)7-8/h7,10H,2-6H2,1H3. The molecule has 0 aromatic heterocycles. The zero-order chi connectivity index (χ0) is 10.6. The number of carbonyl (C=O) groups excluding carboxylic acids is 1. The summed E-state index contributed by atoms with van der Waals surface area (Å²) in [4.78, 5) is 10.8. The molecule has 0 saturated carbocycles. The molecule has 0 radical (unpaired) electrons. The maximum absolute atomic E-state index is 10.8. The van der Waals surface area contributed by atoms with E-state index in [-0.39, 0.29) is 11.5 Å². The molecule has 0 atom stereocenters. The van der Waals surface area contributed by atoms with Crippen molar-refractivity contribution >= 4 is 15.6 Å². The summed E-state index contributed by atoms with van der Waals surface area (Å²) in [6, 6.07) is 0. The van der Waals surface area contributed by atoms with E-state index in [4.69, 9.17) is 0 Å². The van der Waals surface area contributed by atoms with Crippen LogP contribution in [0.1, 0.15) is 19.3 Å². The maximum Gasteiger partial charge on any atom is 0.157 e. The monoisotopic (exact) mass is 217 g/mol. The van der Waals surface area contributed by atoms with Crippen molar-refractivity contribution in [2.45, 2.75) is 19.3 Å². The van der Waals surface area contributed by atoms with Gasteiger partial charge in [0.2, 0.25) is 0 Å². The predicted octanol–water partition coefficient (Wildman–Crippen LogP) is 0.257. The molecule has 0 amide bonds. The van der Waals surface area contributed by atoms with Crippen LogP contribution in [0.5, 0.6) is 0 Å². The lowest BCUT2D eigenvalue weighted by Gasteiger charge is -2.05. The molecular formula is C9H15NO3S. The maximum atomic E-state index is 10.8. The molecule has 0 fully saturated rings. The van der Waals surface area contributed by atoms with Gasteiger partial charge in [-0.15, -0.1) is 0 Å². The highest BCUT2D eigenvalue weighted by Gasteiger charge is 2.10. The first-order valence-electron chi connectivity index (χ1n) is 4.62. The van der Waals surface area contributed by atoms with E-state index < -0.39 is 9.84 Å². The molecular weight excluding hydrogens is 202 g/mol. The number of nitrogens with one attached hydrogen (secondary N) is 1.